The fourth-order valence-corrected chi connectivity index (χ4v) is 6.64. The number of anilines is 1. The van der Waals surface area contributed by atoms with E-state index in [0.717, 1.165) is 43.2 Å². The van der Waals surface area contributed by atoms with E-state index in [1.807, 2.05) is 12.1 Å². The molecule has 1 aromatic carbocycles. The quantitative estimate of drug-likeness (QED) is 0.319. The zero-order chi connectivity index (χ0) is 30.2. The molecule has 226 valence electrons. The molecule has 1 saturated heterocycles. The molecule has 2 unspecified atom stereocenters. The van der Waals surface area contributed by atoms with Gasteiger partial charge in [-0.2, -0.15) is 5.10 Å². The van der Waals surface area contributed by atoms with Crippen LogP contribution in [0.3, 0.4) is 0 Å². The summed E-state index contributed by atoms with van der Waals surface area (Å²) in [5, 5.41) is 26.1. The van der Waals surface area contributed by atoms with Gasteiger partial charge >= 0.3 is 6.03 Å². The predicted molar refractivity (Wildman–Crippen MR) is 156 cm³/mol. The number of urea groups is 1. The molecule has 12 nitrogen and oxygen atoms in total. The molecule has 1 aromatic heterocycles. The van der Waals surface area contributed by atoms with Crippen molar-refractivity contribution in [3.05, 3.63) is 47.3 Å². The number of carbonyl (C=O) groups excluding carboxylic acids is 4. The topological polar surface area (TPSA) is 158 Å². The van der Waals surface area contributed by atoms with Crippen molar-refractivity contribution in [1.82, 2.24) is 30.6 Å². The number of carbonyl (C=O) groups is 4. The van der Waals surface area contributed by atoms with E-state index in [-0.39, 0.29) is 36.6 Å². The highest BCUT2D eigenvalue weighted by atomic mass is 16.3. The Morgan fingerprint density at radius 2 is 1.83 bits per heavy atom. The van der Waals surface area contributed by atoms with Crippen molar-refractivity contribution in [3.8, 4) is 0 Å². The summed E-state index contributed by atoms with van der Waals surface area (Å²) in [5.41, 5.74) is 0.379. The Morgan fingerprint density at radius 3 is 2.45 bits per heavy atom. The number of rotatable bonds is 8. The van der Waals surface area contributed by atoms with Gasteiger partial charge in [-0.3, -0.25) is 19.1 Å². The van der Waals surface area contributed by atoms with Crippen LogP contribution in [-0.2, 0) is 29.5 Å². The van der Waals surface area contributed by atoms with E-state index in [9.17, 15) is 24.3 Å². The molecule has 0 radical (unpaired) electrons. The van der Waals surface area contributed by atoms with Crippen molar-refractivity contribution in [1.29, 1.82) is 0 Å². The molecule has 5 rings (SSSR count). The Labute approximate surface area is 245 Å². The number of hydrogen-bond donors (Lipinski definition) is 5. The Balaban J connectivity index is 1.36. The number of nitrogens with one attached hydrogen (secondary N) is 4. The van der Waals surface area contributed by atoms with Gasteiger partial charge in [0, 0.05) is 45.4 Å². The number of aromatic nitrogens is 2. The summed E-state index contributed by atoms with van der Waals surface area (Å²) >= 11 is 0. The van der Waals surface area contributed by atoms with E-state index in [0.29, 0.717) is 17.8 Å². The van der Waals surface area contributed by atoms with Crippen molar-refractivity contribution < 1.29 is 24.3 Å². The number of aryl methyl sites for hydroxylation is 1. The van der Waals surface area contributed by atoms with Gasteiger partial charge in [-0.15, -0.1) is 0 Å². The van der Waals surface area contributed by atoms with Gasteiger partial charge in [0.2, 0.25) is 11.8 Å². The van der Waals surface area contributed by atoms with E-state index in [2.05, 4.69) is 26.4 Å². The molecule has 5 N–H and O–H groups in total. The average Bonchev–Trinajstić information content (AvgIpc) is 3.68. The average molecular weight is 580 g/mol. The lowest BCUT2D eigenvalue weighted by atomic mass is 9.83. The summed E-state index contributed by atoms with van der Waals surface area (Å²) in [6.07, 6.45) is 6.96. The molecular weight excluding hydrogens is 538 g/mol. The third-order valence-corrected chi connectivity index (χ3v) is 9.11. The molecule has 2 heterocycles. The van der Waals surface area contributed by atoms with Gasteiger partial charge in [0.25, 0.3) is 5.91 Å². The summed E-state index contributed by atoms with van der Waals surface area (Å²) in [6.45, 7) is 3.45. The first-order chi connectivity index (χ1) is 19.9. The van der Waals surface area contributed by atoms with Crippen molar-refractivity contribution in [2.75, 3.05) is 18.9 Å². The number of fused-ring (bicyclic) bond motifs is 1. The van der Waals surface area contributed by atoms with Crippen molar-refractivity contribution in [3.63, 3.8) is 0 Å². The van der Waals surface area contributed by atoms with Gasteiger partial charge in [0.1, 0.15) is 17.3 Å². The molecule has 0 bridgehead atoms. The van der Waals surface area contributed by atoms with E-state index in [4.69, 9.17) is 0 Å². The van der Waals surface area contributed by atoms with Crippen LogP contribution in [0.2, 0.25) is 0 Å². The fraction of sp³-hybridized carbons (Fsp3) is 0.567. The van der Waals surface area contributed by atoms with E-state index >= 15 is 0 Å². The summed E-state index contributed by atoms with van der Waals surface area (Å²) in [4.78, 5) is 54.6. The second-order valence-corrected chi connectivity index (χ2v) is 12.4. The third kappa shape index (κ3) is 5.59. The van der Waals surface area contributed by atoms with E-state index in [1.54, 1.807) is 46.3 Å². The SMILES string of the molecule is CNC(=O)C1(N2CC(C(C)(C)O)NC2=O)Cc2ccc(NC(=O)[C@@H](NC(=O)c3ccnn3C)C3CCCCC3)cc2C1. The van der Waals surface area contributed by atoms with Crippen molar-refractivity contribution in [2.45, 2.75) is 82.0 Å². The Bertz CT molecular complexity index is 1380. The number of hydrogen-bond acceptors (Lipinski definition) is 6. The summed E-state index contributed by atoms with van der Waals surface area (Å²) in [7, 11) is 3.23. The first-order valence-electron chi connectivity index (χ1n) is 14.7. The maximum absolute atomic E-state index is 13.7. The van der Waals surface area contributed by atoms with E-state index < -0.39 is 29.3 Å². The Kier molecular flexibility index (Phi) is 8.02. The van der Waals surface area contributed by atoms with Gasteiger partial charge in [-0.05, 0) is 61.9 Å². The number of benzene rings is 1. The van der Waals surface area contributed by atoms with Crippen molar-refractivity contribution in [2.24, 2.45) is 13.0 Å². The Hall–Kier alpha value is -3.93. The van der Waals surface area contributed by atoms with Crippen LogP contribution in [0.4, 0.5) is 10.5 Å². The molecule has 12 heteroatoms. The van der Waals surface area contributed by atoms with Gasteiger partial charge in [0.15, 0.2) is 0 Å². The van der Waals surface area contributed by atoms with Gasteiger partial charge < -0.3 is 31.3 Å². The smallest absolute Gasteiger partial charge is 0.318 e. The van der Waals surface area contributed by atoms with Crippen LogP contribution in [0.1, 0.15) is 67.6 Å². The van der Waals surface area contributed by atoms with E-state index in [1.165, 1.54) is 9.58 Å². The highest BCUT2D eigenvalue weighted by molar-refractivity contribution is 6.01. The van der Waals surface area contributed by atoms with Crippen LogP contribution in [-0.4, -0.2) is 80.4 Å². The second kappa shape index (κ2) is 11.4. The zero-order valence-corrected chi connectivity index (χ0v) is 24.7. The fourth-order valence-electron chi connectivity index (χ4n) is 6.64. The lowest BCUT2D eigenvalue weighted by Gasteiger charge is -2.36. The summed E-state index contributed by atoms with van der Waals surface area (Å²) < 4.78 is 1.48. The minimum atomic E-state index is -1.16. The highest BCUT2D eigenvalue weighted by Gasteiger charge is 2.54. The minimum Gasteiger partial charge on any atom is -0.388 e. The molecule has 3 aliphatic rings. The molecule has 3 atom stereocenters. The molecule has 1 saturated carbocycles. The lowest BCUT2D eigenvalue weighted by Crippen LogP contribution is -2.60. The van der Waals surface area contributed by atoms with Crippen molar-refractivity contribution >= 4 is 29.4 Å². The van der Waals surface area contributed by atoms with Crippen LogP contribution in [0, 0.1) is 5.92 Å². The monoisotopic (exact) mass is 579 g/mol. The van der Waals surface area contributed by atoms with Gasteiger partial charge in [0.05, 0.1) is 11.6 Å². The molecule has 2 fully saturated rings. The maximum atomic E-state index is 13.7. The van der Waals surface area contributed by atoms with Crippen LogP contribution < -0.4 is 21.3 Å². The van der Waals surface area contributed by atoms with Gasteiger partial charge in [-0.1, -0.05) is 25.3 Å². The first kappa shape index (κ1) is 29.6. The highest BCUT2D eigenvalue weighted by Crippen LogP contribution is 2.39. The second-order valence-electron chi connectivity index (χ2n) is 12.4. The minimum absolute atomic E-state index is 0.0173. The molecule has 2 aliphatic carbocycles. The molecule has 1 aliphatic heterocycles. The molecule has 0 spiro atoms. The predicted octanol–water partition coefficient (Wildman–Crippen LogP) is 1.49. The molecule has 5 amide bonds. The number of amides is 5. The molecule has 2 aromatic rings. The number of likely N-dealkylation sites (N-methyl/N-ethyl adjacent to an activating group) is 1. The van der Waals surface area contributed by atoms with Crippen LogP contribution in [0.5, 0.6) is 0 Å². The zero-order valence-electron chi connectivity index (χ0n) is 24.7. The normalized spacial score (nSPS) is 23.2. The molecule has 42 heavy (non-hydrogen) atoms. The third-order valence-electron chi connectivity index (χ3n) is 9.11. The molecular formula is C30H41N7O5. The largest absolute Gasteiger partial charge is 0.388 e. The lowest BCUT2D eigenvalue weighted by molar-refractivity contribution is -0.130. The first-order valence-corrected chi connectivity index (χ1v) is 14.7. The van der Waals surface area contributed by atoms with Gasteiger partial charge in [-0.25, -0.2) is 4.79 Å². The Morgan fingerprint density at radius 1 is 1.12 bits per heavy atom. The standard InChI is InChI=1S/C30H41N7O5/c1-29(2,42)23-17-37(28(41)34-23)30(27(40)31-3)15-19-10-11-21(14-20(19)16-30)33-26(39)24(18-8-6-5-7-9-18)35-25(38)22-12-13-32-36(22)4/h10-14,18,23-24,42H,5-9,15-17H2,1-4H3,(H,31,40)(H,33,39)(H,34,41)(H,35,38)/t23?,24-,30?/m0/s1. The number of aliphatic hydroxyl groups is 1. The number of nitrogens with zero attached hydrogens (tertiary/aromatic N) is 3. The summed E-state index contributed by atoms with van der Waals surface area (Å²) in [6, 6.07) is 5.50. The van der Waals surface area contributed by atoms with Crippen LogP contribution in [0.15, 0.2) is 30.5 Å². The van der Waals surface area contributed by atoms with Crippen LogP contribution in [0.25, 0.3) is 0 Å². The van der Waals surface area contributed by atoms with Crippen LogP contribution >= 0.6 is 0 Å². The summed E-state index contributed by atoms with van der Waals surface area (Å²) in [5.74, 6) is -0.909. The maximum Gasteiger partial charge on any atom is 0.318 e.